The van der Waals surface area contributed by atoms with Gasteiger partial charge in [0.2, 0.25) is 0 Å². The second-order valence-corrected chi connectivity index (χ2v) is 5.30. The molecule has 2 nitrogen and oxygen atoms in total. The van der Waals surface area contributed by atoms with E-state index >= 15 is 0 Å². The molecule has 0 unspecified atom stereocenters. The van der Waals surface area contributed by atoms with Crippen LogP contribution in [0.5, 0.6) is 0 Å². The van der Waals surface area contributed by atoms with Gasteiger partial charge in [0.15, 0.2) is 0 Å². The number of furan rings is 2. The summed E-state index contributed by atoms with van der Waals surface area (Å²) in [5, 5.41) is 4.32. The van der Waals surface area contributed by atoms with E-state index in [4.69, 9.17) is 16.7 Å². The summed E-state index contributed by atoms with van der Waals surface area (Å²) in [6.07, 6.45) is 0. The number of para-hydroxylation sites is 1. The van der Waals surface area contributed by atoms with Gasteiger partial charge < -0.3 is 8.83 Å². The molecule has 0 spiro atoms. The molecular formula is C18H9BO2. The van der Waals surface area contributed by atoms with Gasteiger partial charge in [0.25, 0.3) is 0 Å². The van der Waals surface area contributed by atoms with E-state index in [-0.39, 0.29) is 0 Å². The van der Waals surface area contributed by atoms with Crippen LogP contribution >= 0.6 is 0 Å². The van der Waals surface area contributed by atoms with Crippen molar-refractivity contribution in [2.45, 2.75) is 0 Å². The lowest BCUT2D eigenvalue weighted by atomic mass is 9.94. The maximum absolute atomic E-state index is 5.90. The van der Waals surface area contributed by atoms with E-state index < -0.39 is 0 Å². The number of hydrogen-bond donors (Lipinski definition) is 0. The molecule has 2 radical (unpaired) electrons. The Morgan fingerprint density at radius 1 is 0.571 bits per heavy atom. The van der Waals surface area contributed by atoms with Crippen molar-refractivity contribution in [2.24, 2.45) is 0 Å². The Bertz CT molecular complexity index is 1150. The number of fused-ring (bicyclic) bond motifs is 6. The smallest absolute Gasteiger partial charge is 0.139 e. The molecule has 2 aromatic heterocycles. The molecule has 0 saturated heterocycles. The maximum Gasteiger partial charge on any atom is 0.139 e. The van der Waals surface area contributed by atoms with Crippen LogP contribution in [-0.4, -0.2) is 7.85 Å². The Hall–Kier alpha value is -2.68. The van der Waals surface area contributed by atoms with Gasteiger partial charge in [-0.05, 0) is 18.2 Å². The third-order valence-electron chi connectivity index (χ3n) is 3.99. The average molecular weight is 268 g/mol. The third kappa shape index (κ3) is 1.43. The molecule has 0 aliphatic rings. The molecule has 0 N–H and O–H groups in total. The molecule has 0 aliphatic carbocycles. The minimum absolute atomic E-state index is 0.738. The molecule has 0 atom stereocenters. The van der Waals surface area contributed by atoms with Gasteiger partial charge in [-0.3, -0.25) is 0 Å². The minimum atomic E-state index is 0.738. The molecule has 3 heteroatoms. The largest absolute Gasteiger partial charge is 0.456 e. The van der Waals surface area contributed by atoms with Gasteiger partial charge in [-0.25, -0.2) is 0 Å². The van der Waals surface area contributed by atoms with E-state index in [2.05, 4.69) is 12.1 Å². The first kappa shape index (κ1) is 11.0. The monoisotopic (exact) mass is 268 g/mol. The Morgan fingerprint density at radius 2 is 1.24 bits per heavy atom. The Balaban J connectivity index is 2.03. The molecule has 5 rings (SSSR count). The van der Waals surface area contributed by atoms with E-state index in [0.29, 0.717) is 0 Å². The van der Waals surface area contributed by atoms with Gasteiger partial charge >= 0.3 is 0 Å². The van der Waals surface area contributed by atoms with Gasteiger partial charge in [0.1, 0.15) is 30.2 Å². The third-order valence-corrected chi connectivity index (χ3v) is 3.99. The Morgan fingerprint density at radius 3 is 2.10 bits per heavy atom. The fraction of sp³-hybridized carbons (Fsp3) is 0. The highest BCUT2D eigenvalue weighted by Gasteiger charge is 2.12. The van der Waals surface area contributed by atoms with Crippen LogP contribution in [0.4, 0.5) is 0 Å². The fourth-order valence-electron chi connectivity index (χ4n) is 3.01. The zero-order valence-electron chi connectivity index (χ0n) is 11.1. The molecule has 0 aliphatic heterocycles. The predicted molar refractivity (Wildman–Crippen MR) is 86.4 cm³/mol. The summed E-state index contributed by atoms with van der Waals surface area (Å²) in [6, 6.07) is 17.8. The van der Waals surface area contributed by atoms with Gasteiger partial charge in [-0.1, -0.05) is 35.8 Å². The SMILES string of the molecule is [B]c1ccc2oc3cc4oc5ccccc5c4cc3c2c1. The second kappa shape index (κ2) is 3.70. The van der Waals surface area contributed by atoms with Crippen LogP contribution in [0.3, 0.4) is 0 Å². The molecule has 96 valence electrons. The lowest BCUT2D eigenvalue weighted by Crippen LogP contribution is -1.98. The zero-order valence-corrected chi connectivity index (χ0v) is 11.1. The highest BCUT2D eigenvalue weighted by molar-refractivity contribution is 6.33. The van der Waals surface area contributed by atoms with Crippen LogP contribution in [0, 0.1) is 0 Å². The Kier molecular flexibility index (Phi) is 1.94. The summed E-state index contributed by atoms with van der Waals surface area (Å²) >= 11 is 0. The van der Waals surface area contributed by atoms with Crippen molar-refractivity contribution in [3.63, 3.8) is 0 Å². The first-order valence-corrected chi connectivity index (χ1v) is 6.83. The summed E-state index contributed by atoms with van der Waals surface area (Å²) in [6.45, 7) is 0. The lowest BCUT2D eigenvalue weighted by Gasteiger charge is -1.93. The standard InChI is InChI=1S/C18H9BO2/c19-10-5-6-16-12(7-10)14-8-13-11-3-1-2-4-15(11)20-17(13)9-18(14)21-16/h1-9H. The van der Waals surface area contributed by atoms with E-state index in [0.717, 1.165) is 49.3 Å². The lowest BCUT2D eigenvalue weighted by molar-refractivity contribution is 0.656. The fourth-order valence-corrected chi connectivity index (χ4v) is 3.01. The van der Waals surface area contributed by atoms with E-state index in [1.165, 1.54) is 0 Å². The highest BCUT2D eigenvalue weighted by Crippen LogP contribution is 2.35. The van der Waals surface area contributed by atoms with Crippen LogP contribution in [0.25, 0.3) is 43.9 Å². The Labute approximate surface area is 121 Å². The molecule has 5 aromatic rings. The summed E-state index contributed by atoms with van der Waals surface area (Å²) in [5.41, 5.74) is 4.14. The first-order valence-electron chi connectivity index (χ1n) is 6.83. The van der Waals surface area contributed by atoms with Crippen molar-refractivity contribution in [1.82, 2.24) is 0 Å². The summed E-state index contributed by atoms with van der Waals surface area (Å²) < 4.78 is 11.8. The topological polar surface area (TPSA) is 26.3 Å². The molecule has 0 amide bonds. The molecule has 0 bridgehead atoms. The molecule has 0 fully saturated rings. The van der Waals surface area contributed by atoms with E-state index in [1.54, 1.807) is 0 Å². The van der Waals surface area contributed by atoms with Crippen LogP contribution < -0.4 is 5.46 Å². The molecule has 2 heterocycles. The first-order chi connectivity index (χ1) is 10.3. The molecule has 3 aromatic carbocycles. The van der Waals surface area contributed by atoms with Crippen LogP contribution in [0.2, 0.25) is 0 Å². The molecule has 0 saturated carbocycles. The average Bonchev–Trinajstić information content (AvgIpc) is 3.02. The summed E-state index contributed by atoms with van der Waals surface area (Å²) in [5.74, 6) is 0. The van der Waals surface area contributed by atoms with Crippen LogP contribution in [-0.2, 0) is 0 Å². The number of benzene rings is 3. The summed E-state index contributed by atoms with van der Waals surface area (Å²) in [4.78, 5) is 0. The van der Waals surface area contributed by atoms with Crippen molar-refractivity contribution in [2.75, 3.05) is 0 Å². The number of rotatable bonds is 0. The second-order valence-electron chi connectivity index (χ2n) is 5.30. The van der Waals surface area contributed by atoms with E-state index in [9.17, 15) is 0 Å². The molecular weight excluding hydrogens is 259 g/mol. The normalized spacial score (nSPS) is 12.0. The van der Waals surface area contributed by atoms with Crippen LogP contribution in [0.1, 0.15) is 0 Å². The zero-order chi connectivity index (χ0) is 14.0. The van der Waals surface area contributed by atoms with Crippen molar-refractivity contribution >= 4 is 57.2 Å². The number of hydrogen-bond acceptors (Lipinski definition) is 2. The predicted octanol–water partition coefficient (Wildman–Crippen LogP) is 4.28. The van der Waals surface area contributed by atoms with Gasteiger partial charge in [-0.15, -0.1) is 0 Å². The van der Waals surface area contributed by atoms with Crippen molar-refractivity contribution in [3.8, 4) is 0 Å². The maximum atomic E-state index is 5.90. The van der Waals surface area contributed by atoms with E-state index in [1.807, 2.05) is 42.5 Å². The van der Waals surface area contributed by atoms with Gasteiger partial charge in [0.05, 0.1) is 0 Å². The molecule has 21 heavy (non-hydrogen) atoms. The van der Waals surface area contributed by atoms with Crippen molar-refractivity contribution in [1.29, 1.82) is 0 Å². The van der Waals surface area contributed by atoms with Crippen LogP contribution in [0.15, 0.2) is 63.4 Å². The summed E-state index contributed by atoms with van der Waals surface area (Å²) in [7, 11) is 5.90. The van der Waals surface area contributed by atoms with Crippen molar-refractivity contribution < 1.29 is 8.83 Å². The highest BCUT2D eigenvalue weighted by atomic mass is 16.3. The minimum Gasteiger partial charge on any atom is -0.456 e. The van der Waals surface area contributed by atoms with Gasteiger partial charge in [0, 0.05) is 27.6 Å². The quantitative estimate of drug-likeness (QED) is 0.392. The van der Waals surface area contributed by atoms with Gasteiger partial charge in [-0.2, -0.15) is 0 Å². The van der Waals surface area contributed by atoms with Crippen molar-refractivity contribution in [3.05, 3.63) is 54.6 Å².